The Bertz CT molecular complexity index is 694. The van der Waals surface area contributed by atoms with E-state index in [0.717, 1.165) is 18.4 Å². The van der Waals surface area contributed by atoms with E-state index in [0.29, 0.717) is 31.8 Å². The van der Waals surface area contributed by atoms with Crippen molar-refractivity contribution in [2.45, 2.75) is 25.8 Å². The molecule has 0 spiro atoms. The molecule has 25 heavy (non-hydrogen) atoms. The van der Waals surface area contributed by atoms with E-state index in [1.54, 1.807) is 17.0 Å². The van der Waals surface area contributed by atoms with E-state index in [1.807, 2.05) is 12.1 Å². The van der Waals surface area contributed by atoms with E-state index in [2.05, 4.69) is 11.2 Å². The van der Waals surface area contributed by atoms with Crippen LogP contribution in [-0.4, -0.2) is 41.7 Å². The summed E-state index contributed by atoms with van der Waals surface area (Å²) < 4.78 is 5.31. The normalized spacial score (nSPS) is 24.4. The number of carboxylic acid groups (broad SMARTS) is 1. The van der Waals surface area contributed by atoms with Crippen LogP contribution >= 0.6 is 0 Å². The van der Waals surface area contributed by atoms with Crippen molar-refractivity contribution in [3.05, 3.63) is 29.8 Å². The molecule has 1 saturated heterocycles. The third-order valence-electron chi connectivity index (χ3n) is 5.27. The molecule has 1 aliphatic heterocycles. The SMILES string of the molecule is C#CCOc1ccc(CNC(=O)N2C[C@@H]3CCC[C@@]3(C(=O)O)C2)cc1. The Labute approximate surface area is 147 Å². The van der Waals surface area contributed by atoms with Gasteiger partial charge < -0.3 is 20.1 Å². The van der Waals surface area contributed by atoms with Gasteiger partial charge in [-0.05, 0) is 36.5 Å². The fourth-order valence-electron chi connectivity index (χ4n) is 3.91. The van der Waals surface area contributed by atoms with Crippen LogP contribution in [-0.2, 0) is 11.3 Å². The second kappa shape index (κ2) is 7.06. The molecule has 3 rings (SSSR count). The van der Waals surface area contributed by atoms with Crippen molar-refractivity contribution in [2.24, 2.45) is 11.3 Å². The topological polar surface area (TPSA) is 78.9 Å². The highest BCUT2D eigenvalue weighted by Crippen LogP contribution is 2.48. The fraction of sp³-hybridized carbons (Fsp3) is 0.474. The number of benzene rings is 1. The van der Waals surface area contributed by atoms with Gasteiger partial charge in [0.25, 0.3) is 0 Å². The molecule has 2 N–H and O–H groups in total. The minimum Gasteiger partial charge on any atom is -0.481 e. The van der Waals surface area contributed by atoms with Crippen molar-refractivity contribution < 1.29 is 19.4 Å². The summed E-state index contributed by atoms with van der Waals surface area (Å²) in [5, 5.41) is 12.5. The number of ether oxygens (including phenoxy) is 1. The van der Waals surface area contributed by atoms with E-state index in [4.69, 9.17) is 11.2 Å². The number of hydrogen-bond acceptors (Lipinski definition) is 3. The van der Waals surface area contributed by atoms with Crippen LogP contribution in [0.1, 0.15) is 24.8 Å². The highest BCUT2D eigenvalue weighted by Gasteiger charge is 2.55. The second-order valence-electron chi connectivity index (χ2n) is 6.73. The maximum absolute atomic E-state index is 12.4. The number of likely N-dealkylation sites (tertiary alicyclic amines) is 1. The summed E-state index contributed by atoms with van der Waals surface area (Å²) in [4.78, 5) is 25.7. The highest BCUT2D eigenvalue weighted by molar-refractivity contribution is 5.80. The molecule has 132 valence electrons. The minimum atomic E-state index is -0.771. The summed E-state index contributed by atoms with van der Waals surface area (Å²) in [6, 6.07) is 7.13. The maximum atomic E-state index is 12.4. The summed E-state index contributed by atoms with van der Waals surface area (Å²) in [6.07, 6.45) is 7.62. The molecule has 1 heterocycles. The van der Waals surface area contributed by atoms with E-state index in [1.165, 1.54) is 0 Å². The zero-order chi connectivity index (χ0) is 17.9. The lowest BCUT2D eigenvalue weighted by molar-refractivity contribution is -0.149. The number of urea groups is 1. The zero-order valence-corrected chi connectivity index (χ0v) is 14.0. The standard InChI is InChI=1S/C19H22N2O4/c1-2-10-25-16-7-5-14(6-8-16)11-20-18(24)21-12-15-4-3-9-19(15,13-21)17(22)23/h1,5-8,15H,3-4,9-13H2,(H,20,24)(H,22,23)/t15-,19+/m0/s1. The Morgan fingerprint density at radius 3 is 2.80 bits per heavy atom. The van der Waals surface area contributed by atoms with Crippen LogP contribution in [0.5, 0.6) is 5.75 Å². The van der Waals surface area contributed by atoms with Crippen molar-refractivity contribution >= 4 is 12.0 Å². The predicted molar refractivity (Wildman–Crippen MR) is 92.0 cm³/mol. The number of nitrogens with one attached hydrogen (secondary N) is 1. The first kappa shape index (κ1) is 17.2. The number of fused-ring (bicyclic) bond motifs is 1. The summed E-state index contributed by atoms with van der Waals surface area (Å²) in [5.41, 5.74) is 0.196. The smallest absolute Gasteiger partial charge is 0.317 e. The van der Waals surface area contributed by atoms with Crippen molar-refractivity contribution in [1.29, 1.82) is 0 Å². The summed E-state index contributed by atoms with van der Waals surface area (Å²) in [5.74, 6) is 2.39. The lowest BCUT2D eigenvalue weighted by atomic mass is 9.81. The predicted octanol–water partition coefficient (Wildman–Crippen LogP) is 2.09. The molecule has 2 aliphatic rings. The van der Waals surface area contributed by atoms with Crippen LogP contribution in [0.25, 0.3) is 0 Å². The molecule has 2 amide bonds. The third kappa shape index (κ3) is 3.41. The van der Waals surface area contributed by atoms with Crippen molar-refractivity contribution in [3.63, 3.8) is 0 Å². The monoisotopic (exact) mass is 342 g/mol. The molecule has 1 aromatic rings. The second-order valence-corrected chi connectivity index (χ2v) is 6.73. The molecule has 2 fully saturated rings. The Hall–Kier alpha value is -2.68. The van der Waals surface area contributed by atoms with Crippen molar-refractivity contribution in [2.75, 3.05) is 19.7 Å². The molecule has 0 unspecified atom stereocenters. The Balaban J connectivity index is 1.53. The van der Waals surface area contributed by atoms with Crippen LogP contribution in [0.15, 0.2) is 24.3 Å². The number of carbonyl (C=O) groups excluding carboxylic acids is 1. The molecule has 1 aliphatic carbocycles. The van der Waals surface area contributed by atoms with Gasteiger partial charge in [0.05, 0.1) is 5.41 Å². The number of amides is 2. The van der Waals surface area contributed by atoms with Gasteiger partial charge in [-0.15, -0.1) is 6.42 Å². The number of hydrogen-bond donors (Lipinski definition) is 2. The molecule has 2 atom stereocenters. The van der Waals surface area contributed by atoms with Gasteiger partial charge >= 0.3 is 12.0 Å². The van der Waals surface area contributed by atoms with E-state index in [9.17, 15) is 14.7 Å². The molecular formula is C19H22N2O4. The average Bonchev–Trinajstić information content (AvgIpc) is 3.17. The average molecular weight is 342 g/mol. The van der Waals surface area contributed by atoms with Gasteiger partial charge in [0.2, 0.25) is 0 Å². The first-order valence-corrected chi connectivity index (χ1v) is 8.46. The summed E-state index contributed by atoms with van der Waals surface area (Å²) >= 11 is 0. The molecule has 1 saturated carbocycles. The molecule has 6 heteroatoms. The Kier molecular flexibility index (Phi) is 4.84. The number of rotatable bonds is 5. The first-order valence-electron chi connectivity index (χ1n) is 8.46. The highest BCUT2D eigenvalue weighted by atomic mass is 16.5. The van der Waals surface area contributed by atoms with Crippen LogP contribution < -0.4 is 10.1 Å². The summed E-state index contributed by atoms with van der Waals surface area (Å²) in [7, 11) is 0. The molecule has 0 bridgehead atoms. The van der Waals surface area contributed by atoms with Gasteiger partial charge in [0, 0.05) is 19.6 Å². The first-order chi connectivity index (χ1) is 12.0. The van der Waals surface area contributed by atoms with Gasteiger partial charge in [-0.3, -0.25) is 4.79 Å². The maximum Gasteiger partial charge on any atom is 0.317 e. The third-order valence-corrected chi connectivity index (χ3v) is 5.27. The van der Waals surface area contributed by atoms with Gasteiger partial charge in [-0.1, -0.05) is 24.5 Å². The van der Waals surface area contributed by atoms with Gasteiger partial charge in [0.1, 0.15) is 12.4 Å². The van der Waals surface area contributed by atoms with E-state index < -0.39 is 11.4 Å². The van der Waals surface area contributed by atoms with Crippen LogP contribution in [0.4, 0.5) is 4.79 Å². The number of nitrogens with zero attached hydrogens (tertiary/aromatic N) is 1. The quantitative estimate of drug-likeness (QED) is 0.803. The van der Waals surface area contributed by atoms with Gasteiger partial charge in [-0.2, -0.15) is 0 Å². The number of aliphatic carboxylic acids is 1. The van der Waals surface area contributed by atoms with Crippen LogP contribution in [0.3, 0.4) is 0 Å². The van der Waals surface area contributed by atoms with E-state index in [-0.39, 0.29) is 18.6 Å². The van der Waals surface area contributed by atoms with Crippen LogP contribution in [0, 0.1) is 23.7 Å². The number of carboxylic acids is 1. The van der Waals surface area contributed by atoms with E-state index >= 15 is 0 Å². The molecule has 6 nitrogen and oxygen atoms in total. The number of terminal acetylenes is 1. The lowest BCUT2D eigenvalue weighted by Crippen LogP contribution is -2.41. The molecule has 0 radical (unpaired) electrons. The zero-order valence-electron chi connectivity index (χ0n) is 14.0. The largest absolute Gasteiger partial charge is 0.481 e. The Morgan fingerprint density at radius 2 is 2.16 bits per heavy atom. The molecular weight excluding hydrogens is 320 g/mol. The van der Waals surface area contributed by atoms with Gasteiger partial charge in [0.15, 0.2) is 0 Å². The van der Waals surface area contributed by atoms with Crippen molar-refractivity contribution in [1.82, 2.24) is 10.2 Å². The lowest BCUT2D eigenvalue weighted by Gasteiger charge is -2.23. The van der Waals surface area contributed by atoms with Gasteiger partial charge in [-0.25, -0.2) is 4.79 Å². The number of carbonyl (C=O) groups is 2. The van der Waals surface area contributed by atoms with Crippen molar-refractivity contribution in [3.8, 4) is 18.1 Å². The molecule has 0 aromatic heterocycles. The fourth-order valence-corrected chi connectivity index (χ4v) is 3.91. The minimum absolute atomic E-state index is 0.0725. The molecule has 1 aromatic carbocycles. The van der Waals surface area contributed by atoms with Crippen LogP contribution in [0.2, 0.25) is 0 Å². The Morgan fingerprint density at radius 1 is 1.40 bits per heavy atom. The summed E-state index contributed by atoms with van der Waals surface area (Å²) in [6.45, 7) is 1.43.